The third kappa shape index (κ3) is 7.20. The van der Waals surface area contributed by atoms with Crippen molar-refractivity contribution in [2.24, 2.45) is 0 Å². The molecule has 0 saturated heterocycles. The number of carboxylic acids is 1. The zero-order chi connectivity index (χ0) is 26.7. The Morgan fingerprint density at radius 3 is 2.16 bits per heavy atom. The van der Waals surface area contributed by atoms with Gasteiger partial charge >= 0.3 is 12.1 Å². The summed E-state index contributed by atoms with van der Waals surface area (Å²) >= 11 is 0. The highest BCUT2D eigenvalue weighted by molar-refractivity contribution is 5.86. The number of carbonyl (C=O) groups excluding carboxylic acids is 2. The van der Waals surface area contributed by atoms with Gasteiger partial charge in [0, 0.05) is 25.5 Å². The van der Waals surface area contributed by atoms with Crippen molar-refractivity contribution < 1.29 is 29.0 Å². The van der Waals surface area contributed by atoms with E-state index < -0.39 is 24.0 Å². The number of fused-ring (bicyclic) bond motifs is 3. The fraction of sp³-hybridized carbons (Fsp3) is 0.300. The minimum absolute atomic E-state index is 0.0458. The Morgan fingerprint density at radius 2 is 1.50 bits per heavy atom. The van der Waals surface area contributed by atoms with E-state index in [1.807, 2.05) is 78.9 Å². The summed E-state index contributed by atoms with van der Waals surface area (Å²) in [7, 11) is 0. The first-order valence-corrected chi connectivity index (χ1v) is 12.8. The van der Waals surface area contributed by atoms with Gasteiger partial charge in [-0.25, -0.2) is 4.79 Å². The normalized spacial score (nSPS) is 12.7. The fourth-order valence-corrected chi connectivity index (χ4v) is 4.59. The van der Waals surface area contributed by atoms with Gasteiger partial charge in [0.05, 0.1) is 6.61 Å². The Morgan fingerprint density at radius 1 is 0.868 bits per heavy atom. The number of amides is 2. The molecule has 0 fully saturated rings. The molecule has 3 N–H and O–H groups in total. The van der Waals surface area contributed by atoms with E-state index in [1.54, 1.807) is 0 Å². The molecule has 4 rings (SSSR count). The molecule has 3 aromatic rings. The average molecular weight is 517 g/mol. The standard InChI is InChI=1S/C30H32N2O6/c33-28(34)16-15-27(29(35)31-17-8-18-37-19-21-9-2-1-3-10-21)32-30(36)38-20-26-24-13-6-4-11-22(24)23-12-5-7-14-25(23)26/h1-7,9-14,26-27H,8,15-20H2,(H,31,35)(H,32,36)(H,33,34). The lowest BCUT2D eigenvalue weighted by atomic mass is 9.98. The SMILES string of the molecule is O=C(O)CCC(NC(=O)OCC1c2ccccc2-c2ccccc21)C(=O)NCCCOCc1ccccc1. The predicted molar refractivity (Wildman–Crippen MR) is 143 cm³/mol. The first kappa shape index (κ1) is 26.9. The maximum absolute atomic E-state index is 12.7. The molecule has 0 bridgehead atoms. The number of hydrogen-bond donors (Lipinski definition) is 3. The van der Waals surface area contributed by atoms with Gasteiger partial charge < -0.3 is 25.2 Å². The molecular weight excluding hydrogens is 484 g/mol. The number of alkyl carbamates (subject to hydrolysis) is 1. The number of rotatable bonds is 13. The van der Waals surface area contributed by atoms with Gasteiger partial charge in [0.15, 0.2) is 0 Å². The van der Waals surface area contributed by atoms with Crippen molar-refractivity contribution in [1.29, 1.82) is 0 Å². The van der Waals surface area contributed by atoms with Crippen molar-refractivity contribution in [3.8, 4) is 11.1 Å². The van der Waals surface area contributed by atoms with E-state index in [-0.39, 0.29) is 25.4 Å². The van der Waals surface area contributed by atoms with Crippen LogP contribution < -0.4 is 10.6 Å². The van der Waals surface area contributed by atoms with Crippen LogP contribution in [0.5, 0.6) is 0 Å². The molecule has 0 heterocycles. The molecule has 8 heteroatoms. The van der Waals surface area contributed by atoms with Crippen molar-refractivity contribution in [2.45, 2.75) is 37.8 Å². The van der Waals surface area contributed by atoms with Crippen molar-refractivity contribution in [3.05, 3.63) is 95.6 Å². The summed E-state index contributed by atoms with van der Waals surface area (Å²) in [4.78, 5) is 36.5. The van der Waals surface area contributed by atoms with E-state index >= 15 is 0 Å². The zero-order valence-corrected chi connectivity index (χ0v) is 21.1. The third-order valence-electron chi connectivity index (χ3n) is 6.48. The quantitative estimate of drug-likeness (QED) is 0.289. The highest BCUT2D eigenvalue weighted by Gasteiger charge is 2.30. The van der Waals surface area contributed by atoms with E-state index in [1.165, 1.54) is 0 Å². The van der Waals surface area contributed by atoms with Gasteiger partial charge in [-0.05, 0) is 40.7 Å². The number of aliphatic carboxylic acids is 1. The highest BCUT2D eigenvalue weighted by Crippen LogP contribution is 2.44. The Hall–Kier alpha value is -4.17. The zero-order valence-electron chi connectivity index (χ0n) is 21.1. The van der Waals surface area contributed by atoms with Gasteiger partial charge in [0.2, 0.25) is 5.91 Å². The molecule has 0 spiro atoms. The van der Waals surface area contributed by atoms with Gasteiger partial charge in [-0.3, -0.25) is 9.59 Å². The molecule has 198 valence electrons. The molecule has 1 aliphatic rings. The summed E-state index contributed by atoms with van der Waals surface area (Å²) in [6, 6.07) is 24.8. The average Bonchev–Trinajstić information content (AvgIpc) is 3.25. The van der Waals surface area contributed by atoms with Crippen LogP contribution in [0.1, 0.15) is 41.9 Å². The van der Waals surface area contributed by atoms with Gasteiger partial charge in [0.25, 0.3) is 0 Å². The van der Waals surface area contributed by atoms with Crippen LogP contribution in [-0.4, -0.2) is 48.9 Å². The van der Waals surface area contributed by atoms with E-state index in [0.717, 1.165) is 27.8 Å². The monoisotopic (exact) mass is 516 g/mol. The molecule has 0 aromatic heterocycles. The van der Waals surface area contributed by atoms with Gasteiger partial charge in [-0.1, -0.05) is 78.9 Å². The molecule has 1 unspecified atom stereocenters. The largest absolute Gasteiger partial charge is 0.481 e. The highest BCUT2D eigenvalue weighted by atomic mass is 16.5. The number of carbonyl (C=O) groups is 3. The summed E-state index contributed by atoms with van der Waals surface area (Å²) in [5.41, 5.74) is 5.46. The second-order valence-corrected chi connectivity index (χ2v) is 9.14. The van der Waals surface area contributed by atoms with E-state index in [2.05, 4.69) is 10.6 Å². The molecule has 0 aliphatic heterocycles. The van der Waals surface area contributed by atoms with Crippen molar-refractivity contribution >= 4 is 18.0 Å². The fourth-order valence-electron chi connectivity index (χ4n) is 4.59. The summed E-state index contributed by atoms with van der Waals surface area (Å²) in [6.07, 6.45) is -0.490. The van der Waals surface area contributed by atoms with Gasteiger partial charge in [-0.2, -0.15) is 0 Å². The number of nitrogens with one attached hydrogen (secondary N) is 2. The lowest BCUT2D eigenvalue weighted by molar-refractivity contribution is -0.137. The number of hydrogen-bond acceptors (Lipinski definition) is 5. The van der Waals surface area contributed by atoms with E-state index in [0.29, 0.717) is 26.2 Å². The minimum Gasteiger partial charge on any atom is -0.481 e. The molecule has 8 nitrogen and oxygen atoms in total. The lowest BCUT2D eigenvalue weighted by Crippen LogP contribution is -2.47. The van der Waals surface area contributed by atoms with Crippen LogP contribution in [-0.2, 0) is 25.7 Å². The molecule has 2 amide bonds. The van der Waals surface area contributed by atoms with Crippen LogP contribution in [0, 0.1) is 0 Å². The molecule has 3 aromatic carbocycles. The van der Waals surface area contributed by atoms with Crippen LogP contribution in [0.4, 0.5) is 4.79 Å². The molecule has 38 heavy (non-hydrogen) atoms. The molecule has 1 atom stereocenters. The summed E-state index contributed by atoms with van der Waals surface area (Å²) < 4.78 is 11.1. The topological polar surface area (TPSA) is 114 Å². The molecular formula is C30H32N2O6. The van der Waals surface area contributed by atoms with Crippen molar-refractivity contribution in [1.82, 2.24) is 10.6 Å². The molecule has 0 radical (unpaired) electrons. The van der Waals surface area contributed by atoms with Gasteiger partial charge in [0.1, 0.15) is 12.6 Å². The first-order valence-electron chi connectivity index (χ1n) is 12.8. The maximum Gasteiger partial charge on any atom is 0.407 e. The summed E-state index contributed by atoms with van der Waals surface area (Å²) in [5, 5.41) is 14.4. The van der Waals surface area contributed by atoms with Crippen LogP contribution in [0.25, 0.3) is 11.1 Å². The van der Waals surface area contributed by atoms with Crippen LogP contribution >= 0.6 is 0 Å². The molecule has 0 saturated carbocycles. The Bertz CT molecular complexity index is 1200. The third-order valence-corrected chi connectivity index (χ3v) is 6.48. The number of benzene rings is 3. The van der Waals surface area contributed by atoms with Crippen LogP contribution in [0.3, 0.4) is 0 Å². The van der Waals surface area contributed by atoms with Gasteiger partial charge in [-0.15, -0.1) is 0 Å². The van der Waals surface area contributed by atoms with E-state index in [4.69, 9.17) is 14.6 Å². The van der Waals surface area contributed by atoms with E-state index in [9.17, 15) is 14.4 Å². The minimum atomic E-state index is -1.05. The lowest BCUT2D eigenvalue weighted by Gasteiger charge is -2.19. The van der Waals surface area contributed by atoms with Crippen LogP contribution in [0.2, 0.25) is 0 Å². The predicted octanol–water partition coefficient (Wildman–Crippen LogP) is 4.48. The number of carboxylic acid groups (broad SMARTS) is 1. The number of ether oxygens (including phenoxy) is 2. The van der Waals surface area contributed by atoms with Crippen molar-refractivity contribution in [3.63, 3.8) is 0 Å². The van der Waals surface area contributed by atoms with Crippen molar-refractivity contribution in [2.75, 3.05) is 19.8 Å². The smallest absolute Gasteiger partial charge is 0.407 e. The Labute approximate surface area is 222 Å². The summed E-state index contributed by atoms with van der Waals surface area (Å²) in [5.74, 6) is -1.62. The summed E-state index contributed by atoms with van der Waals surface area (Å²) in [6.45, 7) is 1.38. The first-order chi connectivity index (χ1) is 18.5. The Balaban J connectivity index is 1.26. The molecule has 1 aliphatic carbocycles. The second-order valence-electron chi connectivity index (χ2n) is 9.14. The second kappa shape index (κ2) is 13.4. The van der Waals surface area contributed by atoms with Crippen LogP contribution in [0.15, 0.2) is 78.9 Å². The maximum atomic E-state index is 12.7. The Kier molecular flexibility index (Phi) is 9.48.